The summed E-state index contributed by atoms with van der Waals surface area (Å²) in [6, 6.07) is 4.29. The minimum atomic E-state index is -0.617. The van der Waals surface area contributed by atoms with Gasteiger partial charge in [0.25, 0.3) is 0 Å². The second-order valence-electron chi connectivity index (χ2n) is 4.28. The van der Waals surface area contributed by atoms with Gasteiger partial charge in [0.15, 0.2) is 0 Å². The molecule has 0 amide bonds. The fourth-order valence-electron chi connectivity index (χ4n) is 2.01. The van der Waals surface area contributed by atoms with Crippen LogP contribution in [0.5, 0.6) is 0 Å². The first-order chi connectivity index (χ1) is 7.22. The molecular weight excluding hydrogens is 208 g/mol. The van der Waals surface area contributed by atoms with Gasteiger partial charge in [0, 0.05) is 22.8 Å². The van der Waals surface area contributed by atoms with Gasteiger partial charge in [0.2, 0.25) is 0 Å². The molecule has 0 radical (unpaired) electrons. The highest BCUT2D eigenvalue weighted by molar-refractivity contribution is 7.12. The first-order valence-corrected chi connectivity index (χ1v) is 6.41. The average Bonchev–Trinajstić information content (AvgIpc) is 2.66. The Morgan fingerprint density at radius 2 is 2.27 bits per heavy atom. The molecule has 2 nitrogen and oxygen atoms in total. The third kappa shape index (κ3) is 2.80. The van der Waals surface area contributed by atoms with Crippen LogP contribution in [-0.4, -0.2) is 23.9 Å². The highest BCUT2D eigenvalue weighted by Gasteiger charge is 2.30. The lowest BCUT2D eigenvalue weighted by Crippen LogP contribution is -2.40. The zero-order valence-corrected chi connectivity index (χ0v) is 9.98. The van der Waals surface area contributed by atoms with Gasteiger partial charge in [-0.3, -0.25) is 0 Å². The summed E-state index contributed by atoms with van der Waals surface area (Å²) in [6.07, 6.45) is 3.67. The first-order valence-electron chi connectivity index (χ1n) is 5.59. The van der Waals surface area contributed by atoms with Crippen LogP contribution in [0.4, 0.5) is 0 Å². The molecular formula is C12H18O2S. The van der Waals surface area contributed by atoms with Gasteiger partial charge in [-0.25, -0.2) is 0 Å². The van der Waals surface area contributed by atoms with E-state index in [0.717, 1.165) is 32.3 Å². The van der Waals surface area contributed by atoms with Crippen LogP contribution in [0.15, 0.2) is 12.1 Å². The molecule has 1 N–H and O–H groups in total. The molecule has 0 aliphatic carbocycles. The lowest BCUT2D eigenvalue weighted by Gasteiger charge is -2.31. The Morgan fingerprint density at radius 3 is 2.87 bits per heavy atom. The molecule has 1 aliphatic rings. The largest absolute Gasteiger partial charge is 0.387 e. The van der Waals surface area contributed by atoms with Gasteiger partial charge in [-0.1, -0.05) is 6.92 Å². The van der Waals surface area contributed by atoms with Gasteiger partial charge in [-0.05, 0) is 31.4 Å². The number of hydrogen-bond acceptors (Lipinski definition) is 3. The van der Waals surface area contributed by atoms with E-state index in [2.05, 4.69) is 19.1 Å². The predicted octanol–water partition coefficient (Wildman–Crippen LogP) is 2.39. The summed E-state index contributed by atoms with van der Waals surface area (Å²) >= 11 is 1.81. The topological polar surface area (TPSA) is 29.5 Å². The van der Waals surface area contributed by atoms with Crippen molar-refractivity contribution >= 4 is 11.3 Å². The van der Waals surface area contributed by atoms with E-state index in [1.54, 1.807) is 0 Å². The maximum Gasteiger partial charge on any atom is 0.0928 e. The SMILES string of the molecule is CCc1ccc(CC2(O)CCCOC2)s1. The van der Waals surface area contributed by atoms with Crippen molar-refractivity contribution in [1.82, 2.24) is 0 Å². The number of aliphatic hydroxyl groups is 1. The van der Waals surface area contributed by atoms with Crippen molar-refractivity contribution in [3.05, 3.63) is 21.9 Å². The summed E-state index contributed by atoms with van der Waals surface area (Å²) in [5, 5.41) is 10.3. The van der Waals surface area contributed by atoms with Crippen LogP contribution < -0.4 is 0 Å². The fourth-order valence-corrected chi connectivity index (χ4v) is 3.10. The zero-order valence-electron chi connectivity index (χ0n) is 9.16. The zero-order chi connectivity index (χ0) is 10.7. The minimum Gasteiger partial charge on any atom is -0.387 e. The van der Waals surface area contributed by atoms with Gasteiger partial charge < -0.3 is 9.84 Å². The van der Waals surface area contributed by atoms with Crippen LogP contribution in [0.25, 0.3) is 0 Å². The second kappa shape index (κ2) is 4.64. The summed E-state index contributed by atoms with van der Waals surface area (Å²) in [7, 11) is 0. The van der Waals surface area contributed by atoms with Crippen molar-refractivity contribution in [2.45, 2.75) is 38.2 Å². The third-order valence-electron chi connectivity index (χ3n) is 2.87. The Hall–Kier alpha value is -0.380. The summed E-state index contributed by atoms with van der Waals surface area (Å²) in [6.45, 7) is 3.45. The van der Waals surface area contributed by atoms with Crippen molar-refractivity contribution in [2.75, 3.05) is 13.2 Å². The molecule has 15 heavy (non-hydrogen) atoms. The van der Waals surface area contributed by atoms with Gasteiger partial charge in [0.1, 0.15) is 0 Å². The van der Waals surface area contributed by atoms with Crippen molar-refractivity contribution in [3.63, 3.8) is 0 Å². The molecule has 0 saturated carbocycles. The Kier molecular flexibility index (Phi) is 3.44. The van der Waals surface area contributed by atoms with E-state index >= 15 is 0 Å². The first kappa shape index (κ1) is 11.1. The Bertz CT molecular complexity index is 313. The van der Waals surface area contributed by atoms with Gasteiger partial charge >= 0.3 is 0 Å². The number of rotatable bonds is 3. The molecule has 1 fully saturated rings. The van der Waals surface area contributed by atoms with E-state index in [9.17, 15) is 5.11 Å². The lowest BCUT2D eigenvalue weighted by molar-refractivity contribution is -0.0840. The van der Waals surface area contributed by atoms with Crippen LogP contribution >= 0.6 is 11.3 Å². The van der Waals surface area contributed by atoms with Crippen LogP contribution in [0.1, 0.15) is 29.5 Å². The molecule has 1 atom stereocenters. The standard InChI is InChI=1S/C12H18O2S/c1-2-10-4-5-11(15-10)8-12(13)6-3-7-14-9-12/h4-5,13H,2-3,6-9H2,1H3. The van der Waals surface area contributed by atoms with Gasteiger partial charge in [-0.15, -0.1) is 11.3 Å². The molecule has 2 rings (SSSR count). The number of hydrogen-bond donors (Lipinski definition) is 1. The van der Waals surface area contributed by atoms with Crippen molar-refractivity contribution < 1.29 is 9.84 Å². The summed E-state index contributed by atoms with van der Waals surface area (Å²) in [5.41, 5.74) is -0.617. The van der Waals surface area contributed by atoms with Crippen LogP contribution in [0.3, 0.4) is 0 Å². The molecule has 2 heterocycles. The molecule has 1 saturated heterocycles. The normalized spacial score (nSPS) is 26.8. The fraction of sp³-hybridized carbons (Fsp3) is 0.667. The summed E-state index contributed by atoms with van der Waals surface area (Å²) in [5.74, 6) is 0. The second-order valence-corrected chi connectivity index (χ2v) is 5.53. The van der Waals surface area contributed by atoms with E-state index < -0.39 is 5.60 Å². The number of aryl methyl sites for hydroxylation is 1. The molecule has 1 unspecified atom stereocenters. The van der Waals surface area contributed by atoms with Crippen molar-refractivity contribution in [3.8, 4) is 0 Å². The highest BCUT2D eigenvalue weighted by atomic mass is 32.1. The summed E-state index contributed by atoms with van der Waals surface area (Å²) in [4.78, 5) is 2.67. The van der Waals surface area contributed by atoms with E-state index in [-0.39, 0.29) is 0 Å². The Morgan fingerprint density at radius 1 is 1.47 bits per heavy atom. The molecule has 1 aromatic rings. The lowest BCUT2D eigenvalue weighted by atomic mass is 9.92. The summed E-state index contributed by atoms with van der Waals surface area (Å²) < 4.78 is 5.35. The van der Waals surface area contributed by atoms with Crippen LogP contribution in [0, 0.1) is 0 Å². The maximum absolute atomic E-state index is 10.3. The van der Waals surface area contributed by atoms with Gasteiger partial charge in [0.05, 0.1) is 12.2 Å². The third-order valence-corrected chi connectivity index (χ3v) is 4.10. The monoisotopic (exact) mass is 226 g/mol. The van der Waals surface area contributed by atoms with Crippen molar-refractivity contribution in [2.24, 2.45) is 0 Å². The van der Waals surface area contributed by atoms with E-state index in [1.165, 1.54) is 9.75 Å². The van der Waals surface area contributed by atoms with Crippen LogP contribution in [0.2, 0.25) is 0 Å². The van der Waals surface area contributed by atoms with Crippen molar-refractivity contribution in [1.29, 1.82) is 0 Å². The van der Waals surface area contributed by atoms with Crippen LogP contribution in [-0.2, 0) is 17.6 Å². The molecule has 0 spiro atoms. The quantitative estimate of drug-likeness (QED) is 0.857. The molecule has 0 aromatic carbocycles. The highest BCUT2D eigenvalue weighted by Crippen LogP contribution is 2.27. The maximum atomic E-state index is 10.3. The molecule has 1 aliphatic heterocycles. The molecule has 3 heteroatoms. The smallest absolute Gasteiger partial charge is 0.0928 e. The minimum absolute atomic E-state index is 0.492. The van der Waals surface area contributed by atoms with E-state index in [4.69, 9.17) is 4.74 Å². The Labute approximate surface area is 94.9 Å². The molecule has 0 bridgehead atoms. The molecule has 1 aromatic heterocycles. The Balaban J connectivity index is 2.00. The number of thiophene rings is 1. The number of ether oxygens (including phenoxy) is 1. The van der Waals surface area contributed by atoms with E-state index in [0.29, 0.717) is 6.61 Å². The van der Waals surface area contributed by atoms with Gasteiger partial charge in [-0.2, -0.15) is 0 Å². The molecule has 84 valence electrons. The van der Waals surface area contributed by atoms with E-state index in [1.807, 2.05) is 11.3 Å². The average molecular weight is 226 g/mol. The predicted molar refractivity (Wildman–Crippen MR) is 62.4 cm³/mol.